The molecule has 3 rings (SSSR count). The summed E-state index contributed by atoms with van der Waals surface area (Å²) in [5.74, 6) is 0. The molecule has 0 aliphatic rings. The molecule has 0 saturated heterocycles. The van der Waals surface area contributed by atoms with Gasteiger partial charge >= 0.3 is 0 Å². The summed E-state index contributed by atoms with van der Waals surface area (Å²) in [6.45, 7) is 2.04. The van der Waals surface area contributed by atoms with E-state index < -0.39 is 0 Å². The van der Waals surface area contributed by atoms with E-state index >= 15 is 0 Å². The summed E-state index contributed by atoms with van der Waals surface area (Å²) < 4.78 is 0. The van der Waals surface area contributed by atoms with Gasteiger partial charge < -0.3 is 0 Å². The number of pyridine rings is 1. The maximum atomic E-state index is 4.96. The van der Waals surface area contributed by atoms with Crippen molar-refractivity contribution in [2.24, 2.45) is 4.99 Å². The van der Waals surface area contributed by atoms with Gasteiger partial charge in [0.1, 0.15) is 6.04 Å². The van der Waals surface area contributed by atoms with Crippen LogP contribution in [0.2, 0.25) is 0 Å². The molecule has 0 saturated carbocycles. The van der Waals surface area contributed by atoms with Crippen molar-refractivity contribution in [2.75, 3.05) is 0 Å². The molecule has 0 amide bonds. The molecule has 0 radical (unpaired) electrons. The minimum absolute atomic E-state index is 0.00241. The van der Waals surface area contributed by atoms with E-state index in [9.17, 15) is 0 Å². The SMILES string of the molecule is CC(=NC(c1ccccc1)c1ccccc1)c1cccnc1. The fourth-order valence-electron chi connectivity index (χ4n) is 2.46. The van der Waals surface area contributed by atoms with E-state index in [0.29, 0.717) is 0 Å². The van der Waals surface area contributed by atoms with Crippen LogP contribution in [0.3, 0.4) is 0 Å². The van der Waals surface area contributed by atoms with E-state index in [4.69, 9.17) is 4.99 Å². The Morgan fingerprint density at radius 2 is 1.41 bits per heavy atom. The highest BCUT2D eigenvalue weighted by atomic mass is 14.8. The van der Waals surface area contributed by atoms with Crippen LogP contribution >= 0.6 is 0 Å². The molecule has 0 aliphatic heterocycles. The Morgan fingerprint density at radius 3 is 1.91 bits per heavy atom. The predicted molar refractivity (Wildman–Crippen MR) is 91.2 cm³/mol. The lowest BCUT2D eigenvalue weighted by molar-refractivity contribution is 0.872. The van der Waals surface area contributed by atoms with Gasteiger partial charge in [0, 0.05) is 23.7 Å². The predicted octanol–water partition coefficient (Wildman–Crippen LogP) is 4.68. The van der Waals surface area contributed by atoms with E-state index in [2.05, 4.69) is 53.5 Å². The van der Waals surface area contributed by atoms with Gasteiger partial charge in [-0.05, 0) is 24.1 Å². The molecule has 1 heterocycles. The van der Waals surface area contributed by atoms with Gasteiger partial charge in [0.2, 0.25) is 0 Å². The number of rotatable bonds is 4. The molecule has 1 aromatic heterocycles. The van der Waals surface area contributed by atoms with Crippen molar-refractivity contribution in [1.29, 1.82) is 0 Å². The Morgan fingerprint density at radius 1 is 0.818 bits per heavy atom. The molecular weight excluding hydrogens is 268 g/mol. The van der Waals surface area contributed by atoms with Gasteiger partial charge in [-0.2, -0.15) is 0 Å². The third kappa shape index (κ3) is 3.29. The lowest BCUT2D eigenvalue weighted by Gasteiger charge is -2.15. The van der Waals surface area contributed by atoms with Crippen LogP contribution in [0.5, 0.6) is 0 Å². The zero-order chi connectivity index (χ0) is 15.2. The summed E-state index contributed by atoms with van der Waals surface area (Å²) in [7, 11) is 0. The van der Waals surface area contributed by atoms with Crippen molar-refractivity contribution in [3.05, 3.63) is 102 Å². The minimum Gasteiger partial charge on any atom is -0.276 e. The highest BCUT2D eigenvalue weighted by Gasteiger charge is 2.13. The average molecular weight is 286 g/mol. The number of aliphatic imine (C=N–C) groups is 1. The van der Waals surface area contributed by atoms with Crippen LogP contribution in [-0.4, -0.2) is 10.7 Å². The second kappa shape index (κ2) is 6.81. The van der Waals surface area contributed by atoms with Crippen LogP contribution in [0, 0.1) is 0 Å². The molecule has 0 unspecified atom stereocenters. The molecule has 0 atom stereocenters. The monoisotopic (exact) mass is 286 g/mol. The molecule has 0 aliphatic carbocycles. The lowest BCUT2D eigenvalue weighted by Crippen LogP contribution is -2.03. The molecule has 0 bridgehead atoms. The van der Waals surface area contributed by atoms with Crippen molar-refractivity contribution in [2.45, 2.75) is 13.0 Å². The second-order valence-corrected chi connectivity index (χ2v) is 5.18. The quantitative estimate of drug-likeness (QED) is 0.639. The highest BCUT2D eigenvalue weighted by molar-refractivity contribution is 5.98. The van der Waals surface area contributed by atoms with Crippen molar-refractivity contribution >= 4 is 5.71 Å². The first-order valence-corrected chi connectivity index (χ1v) is 7.39. The number of aromatic nitrogens is 1. The molecule has 3 aromatic rings. The first kappa shape index (κ1) is 14.2. The molecule has 0 spiro atoms. The number of hydrogen-bond acceptors (Lipinski definition) is 2. The summed E-state index contributed by atoms with van der Waals surface area (Å²) in [5, 5.41) is 0. The molecule has 2 aromatic carbocycles. The maximum Gasteiger partial charge on any atom is 0.100 e. The fourth-order valence-corrected chi connectivity index (χ4v) is 2.46. The van der Waals surface area contributed by atoms with E-state index in [1.54, 1.807) is 6.20 Å². The molecule has 2 heteroatoms. The Kier molecular flexibility index (Phi) is 4.40. The van der Waals surface area contributed by atoms with Gasteiger partial charge in [0.15, 0.2) is 0 Å². The number of hydrogen-bond donors (Lipinski definition) is 0. The van der Waals surface area contributed by atoms with Crippen LogP contribution < -0.4 is 0 Å². The summed E-state index contributed by atoms with van der Waals surface area (Å²) in [5.41, 5.74) is 4.43. The zero-order valence-electron chi connectivity index (χ0n) is 12.6. The summed E-state index contributed by atoms with van der Waals surface area (Å²) in [6, 6.07) is 24.8. The van der Waals surface area contributed by atoms with Crippen LogP contribution in [0.15, 0.2) is 90.2 Å². The molecule has 0 fully saturated rings. The standard InChI is InChI=1S/C20H18N2/c1-16(19-13-8-14-21-15-19)22-20(17-9-4-2-5-10-17)18-11-6-3-7-12-18/h2-15,20H,1H3. The molecular formula is C20H18N2. The average Bonchev–Trinajstić information content (AvgIpc) is 2.62. The summed E-state index contributed by atoms with van der Waals surface area (Å²) in [4.78, 5) is 9.14. The van der Waals surface area contributed by atoms with Gasteiger partial charge in [-0.3, -0.25) is 9.98 Å². The third-order valence-electron chi connectivity index (χ3n) is 3.63. The van der Waals surface area contributed by atoms with Crippen molar-refractivity contribution in [3.8, 4) is 0 Å². The molecule has 0 N–H and O–H groups in total. The first-order chi connectivity index (χ1) is 10.8. The fraction of sp³-hybridized carbons (Fsp3) is 0.100. The summed E-state index contributed by atoms with van der Waals surface area (Å²) >= 11 is 0. The molecule has 2 nitrogen and oxygen atoms in total. The largest absolute Gasteiger partial charge is 0.276 e. The Balaban J connectivity index is 2.03. The van der Waals surface area contributed by atoms with Crippen LogP contribution in [0.25, 0.3) is 0 Å². The minimum atomic E-state index is 0.00241. The van der Waals surface area contributed by atoms with E-state index in [1.807, 2.05) is 37.4 Å². The van der Waals surface area contributed by atoms with E-state index in [-0.39, 0.29) is 6.04 Å². The maximum absolute atomic E-state index is 4.96. The lowest BCUT2D eigenvalue weighted by atomic mass is 9.99. The van der Waals surface area contributed by atoms with Gasteiger partial charge in [-0.1, -0.05) is 66.7 Å². The van der Waals surface area contributed by atoms with Crippen molar-refractivity contribution < 1.29 is 0 Å². The Labute approximate surface area is 131 Å². The third-order valence-corrected chi connectivity index (χ3v) is 3.63. The zero-order valence-corrected chi connectivity index (χ0v) is 12.6. The Hall–Kier alpha value is -2.74. The van der Waals surface area contributed by atoms with Crippen molar-refractivity contribution in [1.82, 2.24) is 4.98 Å². The molecule has 108 valence electrons. The summed E-state index contributed by atoms with van der Waals surface area (Å²) in [6.07, 6.45) is 3.63. The van der Waals surface area contributed by atoms with Crippen molar-refractivity contribution in [3.63, 3.8) is 0 Å². The number of nitrogens with zero attached hydrogens (tertiary/aromatic N) is 2. The van der Waals surface area contributed by atoms with Gasteiger partial charge in [-0.15, -0.1) is 0 Å². The van der Waals surface area contributed by atoms with Crippen LogP contribution in [0.4, 0.5) is 0 Å². The van der Waals surface area contributed by atoms with Crippen LogP contribution in [0.1, 0.15) is 29.7 Å². The smallest absolute Gasteiger partial charge is 0.100 e. The number of benzene rings is 2. The van der Waals surface area contributed by atoms with Gasteiger partial charge in [0.05, 0.1) is 0 Å². The highest BCUT2D eigenvalue weighted by Crippen LogP contribution is 2.26. The van der Waals surface area contributed by atoms with Gasteiger partial charge in [0.25, 0.3) is 0 Å². The first-order valence-electron chi connectivity index (χ1n) is 7.39. The van der Waals surface area contributed by atoms with E-state index in [1.165, 1.54) is 11.1 Å². The normalized spacial score (nSPS) is 11.6. The van der Waals surface area contributed by atoms with Gasteiger partial charge in [-0.25, -0.2) is 0 Å². The topological polar surface area (TPSA) is 25.2 Å². The van der Waals surface area contributed by atoms with Crippen LogP contribution in [-0.2, 0) is 0 Å². The Bertz CT molecular complexity index is 695. The van der Waals surface area contributed by atoms with E-state index in [0.717, 1.165) is 11.3 Å². The molecule has 22 heavy (non-hydrogen) atoms. The second-order valence-electron chi connectivity index (χ2n) is 5.18.